The van der Waals surface area contributed by atoms with Gasteiger partial charge in [-0.15, -0.1) is 0 Å². The Morgan fingerprint density at radius 1 is 1.53 bits per heavy atom. The molecule has 2 aromatic rings. The predicted molar refractivity (Wildman–Crippen MR) is 66.5 cm³/mol. The number of fused-ring (bicyclic) bond motifs is 1. The lowest BCUT2D eigenvalue weighted by Gasteiger charge is -2.09. The van der Waals surface area contributed by atoms with E-state index >= 15 is 0 Å². The van der Waals surface area contributed by atoms with E-state index in [0.717, 1.165) is 19.4 Å². The van der Waals surface area contributed by atoms with Crippen molar-refractivity contribution in [3.05, 3.63) is 36.0 Å². The highest BCUT2D eigenvalue weighted by Crippen LogP contribution is 2.11. The molecule has 3 heterocycles. The molecule has 0 aliphatic carbocycles. The van der Waals surface area contributed by atoms with E-state index in [9.17, 15) is 9.18 Å². The Kier molecular flexibility index (Phi) is 3.16. The zero-order valence-electron chi connectivity index (χ0n) is 10.3. The highest BCUT2D eigenvalue weighted by molar-refractivity contribution is 5.92. The van der Waals surface area contributed by atoms with Gasteiger partial charge in [-0.25, -0.2) is 9.37 Å². The Morgan fingerprint density at radius 3 is 3.21 bits per heavy atom. The van der Waals surface area contributed by atoms with Crippen molar-refractivity contribution in [2.24, 2.45) is 0 Å². The lowest BCUT2D eigenvalue weighted by molar-refractivity contribution is 0.0854. The number of aromatic nitrogens is 2. The fourth-order valence-corrected chi connectivity index (χ4v) is 2.18. The highest BCUT2D eigenvalue weighted by Gasteiger charge is 2.17. The third-order valence-electron chi connectivity index (χ3n) is 3.16. The van der Waals surface area contributed by atoms with Crippen molar-refractivity contribution in [3.63, 3.8) is 0 Å². The van der Waals surface area contributed by atoms with Crippen LogP contribution in [0, 0.1) is 5.82 Å². The minimum absolute atomic E-state index is 0.0958. The average Bonchev–Trinajstić information content (AvgIpc) is 3.04. The summed E-state index contributed by atoms with van der Waals surface area (Å²) < 4.78 is 20.0. The van der Waals surface area contributed by atoms with Crippen LogP contribution < -0.4 is 5.32 Å². The molecule has 19 heavy (non-hydrogen) atoms. The van der Waals surface area contributed by atoms with E-state index in [4.69, 9.17) is 4.74 Å². The van der Waals surface area contributed by atoms with Crippen LogP contribution in [-0.2, 0) is 4.74 Å². The van der Waals surface area contributed by atoms with Crippen LogP contribution in [0.4, 0.5) is 4.39 Å². The second-order valence-electron chi connectivity index (χ2n) is 4.58. The Morgan fingerprint density at radius 2 is 2.42 bits per heavy atom. The topological polar surface area (TPSA) is 55.6 Å². The third kappa shape index (κ3) is 2.58. The summed E-state index contributed by atoms with van der Waals surface area (Å²) in [6.07, 6.45) is 4.91. The van der Waals surface area contributed by atoms with E-state index in [1.165, 1.54) is 28.9 Å². The van der Waals surface area contributed by atoms with E-state index in [2.05, 4.69) is 10.3 Å². The Hall–Kier alpha value is -1.95. The van der Waals surface area contributed by atoms with E-state index in [0.29, 0.717) is 12.2 Å². The minimum Gasteiger partial charge on any atom is -0.376 e. The molecule has 0 bridgehead atoms. The number of ether oxygens (including phenoxy) is 1. The van der Waals surface area contributed by atoms with Gasteiger partial charge in [0, 0.05) is 25.5 Å². The van der Waals surface area contributed by atoms with Crippen molar-refractivity contribution in [1.29, 1.82) is 0 Å². The van der Waals surface area contributed by atoms with Crippen molar-refractivity contribution in [2.45, 2.75) is 18.9 Å². The zero-order chi connectivity index (χ0) is 13.2. The van der Waals surface area contributed by atoms with Crippen molar-refractivity contribution in [3.8, 4) is 0 Å². The molecule has 1 aliphatic rings. The largest absolute Gasteiger partial charge is 0.376 e. The maximum Gasteiger partial charge on any atom is 0.271 e. The van der Waals surface area contributed by atoms with Gasteiger partial charge >= 0.3 is 0 Å². The molecule has 0 saturated carbocycles. The van der Waals surface area contributed by atoms with Gasteiger partial charge in [0.15, 0.2) is 0 Å². The minimum atomic E-state index is -0.365. The molecule has 1 unspecified atom stereocenters. The molecular formula is C13H14FN3O2. The number of carbonyl (C=O) groups is 1. The van der Waals surface area contributed by atoms with Crippen molar-refractivity contribution >= 4 is 11.6 Å². The van der Waals surface area contributed by atoms with E-state index in [-0.39, 0.29) is 23.5 Å². The van der Waals surface area contributed by atoms with Crippen LogP contribution in [-0.4, -0.2) is 34.5 Å². The summed E-state index contributed by atoms with van der Waals surface area (Å²) in [5.74, 6) is -0.629. The average molecular weight is 263 g/mol. The number of amides is 1. The van der Waals surface area contributed by atoms with E-state index in [1.807, 2.05) is 0 Å². The zero-order valence-corrected chi connectivity index (χ0v) is 10.3. The quantitative estimate of drug-likeness (QED) is 0.910. The van der Waals surface area contributed by atoms with Gasteiger partial charge in [-0.3, -0.25) is 4.79 Å². The molecule has 1 N–H and O–H groups in total. The number of nitrogens with one attached hydrogen (secondary N) is 1. The monoisotopic (exact) mass is 263 g/mol. The maximum atomic E-state index is 13.0. The summed E-state index contributed by atoms with van der Waals surface area (Å²) in [5.41, 5.74) is 0.826. The first-order chi connectivity index (χ1) is 9.22. The highest BCUT2D eigenvalue weighted by atomic mass is 19.1. The Balaban J connectivity index is 1.70. The lowest BCUT2D eigenvalue weighted by atomic mass is 10.2. The van der Waals surface area contributed by atoms with Crippen LogP contribution >= 0.6 is 0 Å². The summed E-state index contributed by atoms with van der Waals surface area (Å²) in [6, 6.07) is 2.85. The van der Waals surface area contributed by atoms with Crippen LogP contribution in [0.3, 0.4) is 0 Å². The fourth-order valence-electron chi connectivity index (χ4n) is 2.18. The number of halogens is 1. The number of hydrogen-bond donors (Lipinski definition) is 1. The molecule has 3 rings (SSSR count). The van der Waals surface area contributed by atoms with Gasteiger partial charge in [-0.2, -0.15) is 0 Å². The molecule has 1 aliphatic heterocycles. The van der Waals surface area contributed by atoms with Gasteiger partial charge in [-0.05, 0) is 25.0 Å². The second kappa shape index (κ2) is 4.97. The molecule has 1 saturated heterocycles. The first kappa shape index (κ1) is 12.1. The molecule has 1 amide bonds. The van der Waals surface area contributed by atoms with Gasteiger partial charge < -0.3 is 14.5 Å². The third-order valence-corrected chi connectivity index (χ3v) is 3.16. The Bertz CT molecular complexity index is 605. The molecule has 1 atom stereocenters. The van der Waals surface area contributed by atoms with E-state index < -0.39 is 0 Å². The number of rotatable bonds is 3. The molecular weight excluding hydrogens is 249 g/mol. The number of carbonyl (C=O) groups excluding carboxylic acids is 1. The molecule has 0 aromatic carbocycles. The van der Waals surface area contributed by atoms with Crippen LogP contribution in [0.2, 0.25) is 0 Å². The number of hydrogen-bond acceptors (Lipinski definition) is 3. The first-order valence-corrected chi connectivity index (χ1v) is 6.26. The number of nitrogens with zero attached hydrogens (tertiary/aromatic N) is 2. The van der Waals surface area contributed by atoms with Crippen LogP contribution in [0.15, 0.2) is 24.5 Å². The molecule has 1 fully saturated rings. The Labute approximate surface area is 109 Å². The molecule has 0 radical (unpaired) electrons. The molecule has 5 nitrogen and oxygen atoms in total. The van der Waals surface area contributed by atoms with Gasteiger partial charge in [0.1, 0.15) is 17.2 Å². The van der Waals surface area contributed by atoms with Gasteiger partial charge in [0.2, 0.25) is 0 Å². The standard InChI is InChI=1S/C13H14FN3O2/c14-9-3-4-12-16-11(8-17(12)7-9)13(18)15-6-10-2-1-5-19-10/h3-4,7-8,10H,1-2,5-6H2,(H,15,18). The number of imidazole rings is 1. The van der Waals surface area contributed by atoms with Gasteiger partial charge in [0.05, 0.1) is 6.10 Å². The van der Waals surface area contributed by atoms with E-state index in [1.54, 1.807) is 0 Å². The summed E-state index contributed by atoms with van der Waals surface area (Å²) in [6.45, 7) is 1.25. The van der Waals surface area contributed by atoms with Crippen molar-refractivity contribution in [2.75, 3.05) is 13.2 Å². The van der Waals surface area contributed by atoms with Crippen LogP contribution in [0.25, 0.3) is 5.65 Å². The predicted octanol–water partition coefficient (Wildman–Crippen LogP) is 1.38. The van der Waals surface area contributed by atoms with Gasteiger partial charge in [0.25, 0.3) is 5.91 Å². The van der Waals surface area contributed by atoms with Crippen molar-refractivity contribution in [1.82, 2.24) is 14.7 Å². The summed E-state index contributed by atoms with van der Waals surface area (Å²) >= 11 is 0. The SMILES string of the molecule is O=C(NCC1CCCO1)c1cn2cc(F)ccc2n1. The van der Waals surface area contributed by atoms with Crippen LogP contribution in [0.5, 0.6) is 0 Å². The fraction of sp³-hybridized carbons (Fsp3) is 0.385. The first-order valence-electron chi connectivity index (χ1n) is 6.26. The molecule has 2 aromatic heterocycles. The van der Waals surface area contributed by atoms with Gasteiger partial charge in [-0.1, -0.05) is 0 Å². The second-order valence-corrected chi connectivity index (χ2v) is 4.58. The molecule has 0 spiro atoms. The summed E-state index contributed by atoms with van der Waals surface area (Å²) in [7, 11) is 0. The summed E-state index contributed by atoms with van der Waals surface area (Å²) in [5, 5.41) is 2.78. The summed E-state index contributed by atoms with van der Waals surface area (Å²) in [4.78, 5) is 16.1. The smallest absolute Gasteiger partial charge is 0.271 e. The van der Waals surface area contributed by atoms with Crippen molar-refractivity contribution < 1.29 is 13.9 Å². The van der Waals surface area contributed by atoms with Crippen LogP contribution in [0.1, 0.15) is 23.3 Å². The number of pyridine rings is 1. The maximum absolute atomic E-state index is 13.0. The molecule has 100 valence electrons. The normalized spacial score (nSPS) is 18.9. The molecule has 6 heteroatoms. The lowest BCUT2D eigenvalue weighted by Crippen LogP contribution is -2.31.